The number of carbonyl (C=O) groups excluding carboxylic acids is 1. The summed E-state index contributed by atoms with van der Waals surface area (Å²) < 4.78 is 42.0. The molecule has 0 N–H and O–H groups in total. The number of benzene rings is 2. The smallest absolute Gasteiger partial charge is 0.259 e. The molecule has 0 spiro atoms. The number of aromatic nitrogens is 5. The lowest BCUT2D eigenvalue weighted by atomic mass is 10.0. The van der Waals surface area contributed by atoms with E-state index in [4.69, 9.17) is 0 Å². The van der Waals surface area contributed by atoms with Crippen LogP contribution in [-0.2, 0) is 0 Å². The first-order valence-electron chi connectivity index (χ1n) is 11.4. The average Bonchev–Trinajstić information content (AvgIpc) is 3.61. The summed E-state index contributed by atoms with van der Waals surface area (Å²) in [5, 5.41) is 8.08. The highest BCUT2D eigenvalue weighted by Gasteiger charge is 2.43. The number of amides is 1. The second-order valence-electron chi connectivity index (χ2n) is 8.98. The molecule has 4 aromatic rings. The minimum absolute atomic E-state index is 0.0440. The maximum Gasteiger partial charge on any atom is 0.259 e. The summed E-state index contributed by atoms with van der Waals surface area (Å²) in [5.74, 6) is -1.44. The molecular formula is C25H20F3N7O. The molecule has 11 heteroatoms. The first kappa shape index (κ1) is 22.2. The standard InChI is InChI=1S/C25H20F3N7O/c26-18-4-5-19(21(28)8-18)15-9-29-25(30-10-15)34-13-16-11-33(12-17(16)14-34)24(36)23-20(27)2-1-3-22(23)35-31-6-7-32-35/h1-10,16-17H,11-14H2. The molecule has 1 amide bonds. The highest BCUT2D eigenvalue weighted by Crippen LogP contribution is 2.34. The van der Waals surface area contributed by atoms with Crippen LogP contribution in [0.2, 0.25) is 0 Å². The summed E-state index contributed by atoms with van der Waals surface area (Å²) in [4.78, 5) is 27.0. The SMILES string of the molecule is O=C(c1c(F)cccc1-n1nccn1)N1CC2CN(c3ncc(-c4ccc(F)cc4F)cn3)CC2C1. The van der Waals surface area contributed by atoms with Gasteiger partial charge in [0.2, 0.25) is 5.95 Å². The number of rotatable bonds is 4. The molecule has 182 valence electrons. The molecular weight excluding hydrogens is 471 g/mol. The largest absolute Gasteiger partial charge is 0.340 e. The molecule has 0 saturated carbocycles. The lowest BCUT2D eigenvalue weighted by molar-refractivity contribution is 0.0777. The Morgan fingerprint density at radius 2 is 1.56 bits per heavy atom. The van der Waals surface area contributed by atoms with E-state index in [1.807, 2.05) is 4.90 Å². The molecule has 2 aromatic heterocycles. The van der Waals surface area contributed by atoms with Crippen LogP contribution in [0.1, 0.15) is 10.4 Å². The molecule has 2 unspecified atom stereocenters. The normalized spacial score (nSPS) is 19.1. The number of carbonyl (C=O) groups is 1. The fraction of sp³-hybridized carbons (Fsp3) is 0.240. The summed E-state index contributed by atoms with van der Waals surface area (Å²) >= 11 is 0. The van der Waals surface area contributed by atoms with Gasteiger partial charge in [-0.3, -0.25) is 4.79 Å². The Balaban J connectivity index is 1.15. The van der Waals surface area contributed by atoms with Gasteiger partial charge in [-0.05, 0) is 24.3 Å². The van der Waals surface area contributed by atoms with E-state index in [0.717, 1.165) is 6.07 Å². The van der Waals surface area contributed by atoms with Crippen LogP contribution in [0.5, 0.6) is 0 Å². The van der Waals surface area contributed by atoms with E-state index >= 15 is 0 Å². The van der Waals surface area contributed by atoms with Gasteiger partial charge in [0.05, 0.1) is 12.4 Å². The van der Waals surface area contributed by atoms with Crippen LogP contribution in [-0.4, -0.2) is 61.9 Å². The Labute approximate surface area is 204 Å². The predicted molar refractivity (Wildman–Crippen MR) is 124 cm³/mol. The minimum atomic E-state index is -0.673. The number of hydrogen-bond donors (Lipinski definition) is 0. The van der Waals surface area contributed by atoms with Crippen molar-refractivity contribution in [3.63, 3.8) is 0 Å². The average molecular weight is 491 g/mol. The highest BCUT2D eigenvalue weighted by atomic mass is 19.1. The molecule has 4 heterocycles. The van der Waals surface area contributed by atoms with Crippen LogP contribution < -0.4 is 4.90 Å². The van der Waals surface area contributed by atoms with Gasteiger partial charge in [-0.25, -0.2) is 23.1 Å². The Kier molecular flexibility index (Phi) is 5.39. The van der Waals surface area contributed by atoms with Gasteiger partial charge in [-0.2, -0.15) is 15.0 Å². The third kappa shape index (κ3) is 3.86. The lowest BCUT2D eigenvalue weighted by Gasteiger charge is -2.22. The first-order valence-corrected chi connectivity index (χ1v) is 11.4. The molecule has 2 aromatic carbocycles. The fourth-order valence-corrected chi connectivity index (χ4v) is 5.06. The summed E-state index contributed by atoms with van der Waals surface area (Å²) in [6.45, 7) is 2.26. The molecule has 2 aliphatic rings. The molecule has 0 bridgehead atoms. The monoisotopic (exact) mass is 491 g/mol. The van der Waals surface area contributed by atoms with Crippen molar-refractivity contribution < 1.29 is 18.0 Å². The number of likely N-dealkylation sites (tertiary alicyclic amines) is 1. The summed E-state index contributed by atoms with van der Waals surface area (Å²) in [5.41, 5.74) is 0.945. The quantitative estimate of drug-likeness (QED) is 0.436. The molecule has 2 aliphatic heterocycles. The Hall–Kier alpha value is -4.28. The zero-order valence-corrected chi connectivity index (χ0v) is 18.9. The van der Waals surface area contributed by atoms with E-state index < -0.39 is 17.5 Å². The van der Waals surface area contributed by atoms with Gasteiger partial charge in [0.1, 0.15) is 28.7 Å². The third-order valence-corrected chi connectivity index (χ3v) is 6.78. The van der Waals surface area contributed by atoms with Crippen molar-refractivity contribution in [2.45, 2.75) is 0 Å². The molecule has 2 fully saturated rings. The second-order valence-corrected chi connectivity index (χ2v) is 8.98. The van der Waals surface area contributed by atoms with Gasteiger partial charge < -0.3 is 9.80 Å². The summed E-state index contributed by atoms with van der Waals surface area (Å²) in [7, 11) is 0. The molecule has 6 rings (SSSR count). The fourth-order valence-electron chi connectivity index (χ4n) is 5.06. The van der Waals surface area contributed by atoms with Crippen molar-refractivity contribution in [2.24, 2.45) is 11.8 Å². The molecule has 0 radical (unpaired) electrons. The van der Waals surface area contributed by atoms with Crippen LogP contribution in [0, 0.1) is 29.3 Å². The van der Waals surface area contributed by atoms with E-state index in [-0.39, 0.29) is 28.9 Å². The predicted octanol–water partition coefficient (Wildman–Crippen LogP) is 3.35. The zero-order valence-electron chi connectivity index (χ0n) is 18.9. The summed E-state index contributed by atoms with van der Waals surface area (Å²) in [6.07, 6.45) is 5.98. The van der Waals surface area contributed by atoms with Gasteiger partial charge in [0.25, 0.3) is 5.91 Å². The molecule has 0 aliphatic carbocycles. The van der Waals surface area contributed by atoms with Crippen LogP contribution >= 0.6 is 0 Å². The van der Waals surface area contributed by atoms with Gasteiger partial charge in [-0.1, -0.05) is 6.07 Å². The van der Waals surface area contributed by atoms with Crippen LogP contribution in [0.15, 0.2) is 61.2 Å². The van der Waals surface area contributed by atoms with Crippen molar-refractivity contribution in [1.82, 2.24) is 29.9 Å². The molecule has 36 heavy (non-hydrogen) atoms. The maximum absolute atomic E-state index is 14.7. The lowest BCUT2D eigenvalue weighted by Crippen LogP contribution is -2.34. The van der Waals surface area contributed by atoms with Gasteiger partial charge in [0, 0.05) is 67.6 Å². The Morgan fingerprint density at radius 3 is 2.22 bits per heavy atom. The highest BCUT2D eigenvalue weighted by molar-refractivity contribution is 5.98. The number of nitrogens with zero attached hydrogens (tertiary/aromatic N) is 7. The van der Waals surface area contributed by atoms with Crippen molar-refractivity contribution in [1.29, 1.82) is 0 Å². The number of fused-ring (bicyclic) bond motifs is 1. The topological polar surface area (TPSA) is 80.0 Å². The Bertz CT molecular complexity index is 1410. The van der Waals surface area contributed by atoms with Gasteiger partial charge in [-0.15, -0.1) is 0 Å². The van der Waals surface area contributed by atoms with E-state index in [9.17, 15) is 18.0 Å². The molecule has 8 nitrogen and oxygen atoms in total. The van der Waals surface area contributed by atoms with Crippen LogP contribution in [0.3, 0.4) is 0 Å². The second kappa shape index (κ2) is 8.74. The number of anilines is 1. The van der Waals surface area contributed by atoms with Gasteiger partial charge in [0.15, 0.2) is 0 Å². The van der Waals surface area contributed by atoms with E-state index in [1.54, 1.807) is 11.0 Å². The van der Waals surface area contributed by atoms with E-state index in [0.29, 0.717) is 43.4 Å². The third-order valence-electron chi connectivity index (χ3n) is 6.78. The molecule has 2 saturated heterocycles. The van der Waals surface area contributed by atoms with Crippen molar-refractivity contribution in [3.8, 4) is 16.8 Å². The number of hydrogen-bond acceptors (Lipinski definition) is 6. The minimum Gasteiger partial charge on any atom is -0.340 e. The van der Waals surface area contributed by atoms with Crippen LogP contribution in [0.25, 0.3) is 16.8 Å². The van der Waals surface area contributed by atoms with E-state index in [1.165, 1.54) is 53.8 Å². The zero-order chi connectivity index (χ0) is 24.8. The van der Waals surface area contributed by atoms with Crippen molar-refractivity contribution in [2.75, 3.05) is 31.1 Å². The summed E-state index contributed by atoms with van der Waals surface area (Å²) in [6, 6.07) is 7.78. The number of halogens is 3. The first-order chi connectivity index (χ1) is 17.5. The van der Waals surface area contributed by atoms with Crippen molar-refractivity contribution >= 4 is 11.9 Å². The maximum atomic E-state index is 14.7. The van der Waals surface area contributed by atoms with Gasteiger partial charge >= 0.3 is 0 Å². The van der Waals surface area contributed by atoms with Crippen molar-refractivity contribution in [3.05, 3.63) is 84.2 Å². The van der Waals surface area contributed by atoms with Crippen LogP contribution in [0.4, 0.5) is 19.1 Å². The van der Waals surface area contributed by atoms with E-state index in [2.05, 4.69) is 20.2 Å². The Morgan fingerprint density at radius 1 is 0.861 bits per heavy atom. The molecule has 2 atom stereocenters.